The average molecular weight is 579 g/mol. The van der Waals surface area contributed by atoms with Crippen LogP contribution in [-0.2, 0) is 11.0 Å². The number of methoxy groups -OCH3 is 3. The number of anilines is 1. The molecule has 1 heterocycles. The highest BCUT2D eigenvalue weighted by Gasteiger charge is 2.46. The zero-order chi connectivity index (χ0) is 30.2. The highest BCUT2D eigenvalue weighted by Crippen LogP contribution is 2.52. The average Bonchev–Trinajstić information content (AvgIpc) is 2.99. The van der Waals surface area contributed by atoms with Crippen LogP contribution in [0.1, 0.15) is 41.9 Å². The van der Waals surface area contributed by atoms with Crippen molar-refractivity contribution in [3.63, 3.8) is 0 Å². The molecule has 0 saturated carbocycles. The Morgan fingerprint density at radius 3 is 2.14 bits per heavy atom. The third kappa shape index (κ3) is 4.87. The Labute approximate surface area is 241 Å². The first-order valence-electron chi connectivity index (χ1n) is 13.2. The summed E-state index contributed by atoms with van der Waals surface area (Å²) in [5, 5.41) is 21.1. The van der Waals surface area contributed by atoms with Crippen LogP contribution in [0.3, 0.4) is 0 Å². The molecule has 0 bridgehead atoms. The molecular formula is C32H29F3N2O5. The van der Waals surface area contributed by atoms with Crippen molar-refractivity contribution in [1.29, 1.82) is 5.41 Å². The van der Waals surface area contributed by atoms with E-state index in [9.17, 15) is 28.5 Å². The first-order chi connectivity index (χ1) is 20.1. The number of amidine groups is 1. The molecule has 2 aliphatic rings. The molecule has 10 heteroatoms. The summed E-state index contributed by atoms with van der Waals surface area (Å²) < 4.78 is 59.3. The molecule has 0 spiro atoms. The Bertz CT molecular complexity index is 1590. The molecule has 1 unspecified atom stereocenters. The van der Waals surface area contributed by atoms with Crippen LogP contribution in [0.5, 0.6) is 17.2 Å². The van der Waals surface area contributed by atoms with Gasteiger partial charge in [-0.25, -0.2) is 0 Å². The summed E-state index contributed by atoms with van der Waals surface area (Å²) in [5.41, 5.74) is 0.00588. The Hall–Kier alpha value is -4.73. The van der Waals surface area contributed by atoms with Gasteiger partial charge in [-0.2, -0.15) is 13.2 Å². The first-order valence-corrected chi connectivity index (χ1v) is 13.2. The van der Waals surface area contributed by atoms with Gasteiger partial charge in [0, 0.05) is 34.7 Å². The van der Waals surface area contributed by atoms with E-state index in [0.29, 0.717) is 23.3 Å². The summed E-state index contributed by atoms with van der Waals surface area (Å²) in [4.78, 5) is 14.9. The minimum Gasteiger partial charge on any atom is -0.507 e. The first kappa shape index (κ1) is 28.8. The monoisotopic (exact) mass is 578 g/mol. The van der Waals surface area contributed by atoms with Crippen molar-refractivity contribution in [2.24, 2.45) is 0 Å². The molecule has 42 heavy (non-hydrogen) atoms. The molecule has 0 saturated heterocycles. The second kappa shape index (κ2) is 11.3. The molecule has 218 valence electrons. The molecule has 0 amide bonds. The lowest BCUT2D eigenvalue weighted by atomic mass is 9.73. The maximum Gasteiger partial charge on any atom is 0.418 e. The number of nitrogens with one attached hydrogen (secondary N) is 1. The Kier molecular flexibility index (Phi) is 7.73. The molecule has 7 nitrogen and oxygen atoms in total. The summed E-state index contributed by atoms with van der Waals surface area (Å²) in [5.74, 6) is -1.13. The number of ketones is 1. The van der Waals surface area contributed by atoms with E-state index in [1.165, 1.54) is 39.5 Å². The fraction of sp³-hybridized carbons (Fsp3) is 0.250. The van der Waals surface area contributed by atoms with Gasteiger partial charge in [0.15, 0.2) is 17.3 Å². The van der Waals surface area contributed by atoms with Crippen molar-refractivity contribution in [3.05, 3.63) is 100 Å². The topological polar surface area (TPSA) is 92.1 Å². The van der Waals surface area contributed by atoms with Gasteiger partial charge in [-0.1, -0.05) is 42.5 Å². The van der Waals surface area contributed by atoms with Crippen LogP contribution in [0, 0.1) is 5.41 Å². The summed E-state index contributed by atoms with van der Waals surface area (Å²) in [6.45, 7) is 0. The van der Waals surface area contributed by atoms with Crippen molar-refractivity contribution in [2.75, 3.05) is 26.2 Å². The van der Waals surface area contributed by atoms with E-state index < -0.39 is 17.7 Å². The number of hydrogen-bond acceptors (Lipinski definition) is 6. The van der Waals surface area contributed by atoms with Crippen LogP contribution in [0.2, 0.25) is 0 Å². The van der Waals surface area contributed by atoms with Gasteiger partial charge in [0.25, 0.3) is 0 Å². The number of alkyl halides is 3. The maximum absolute atomic E-state index is 14.3. The minimum absolute atomic E-state index is 0.0264. The smallest absolute Gasteiger partial charge is 0.418 e. The molecule has 5 rings (SSSR count). The molecule has 0 fully saturated rings. The van der Waals surface area contributed by atoms with Gasteiger partial charge in [-0.3, -0.25) is 15.1 Å². The lowest BCUT2D eigenvalue weighted by molar-refractivity contribution is -0.137. The third-order valence-electron chi connectivity index (χ3n) is 7.53. The van der Waals surface area contributed by atoms with Gasteiger partial charge in [-0.05, 0) is 42.7 Å². The molecule has 1 aliphatic heterocycles. The van der Waals surface area contributed by atoms with Crippen molar-refractivity contribution in [1.82, 2.24) is 0 Å². The Morgan fingerprint density at radius 2 is 1.55 bits per heavy atom. The van der Waals surface area contributed by atoms with E-state index in [-0.39, 0.29) is 64.2 Å². The molecule has 2 N–H and O–H groups in total. The van der Waals surface area contributed by atoms with Gasteiger partial charge in [0.05, 0.1) is 32.6 Å². The van der Waals surface area contributed by atoms with Crippen LogP contribution in [0.4, 0.5) is 18.9 Å². The van der Waals surface area contributed by atoms with Gasteiger partial charge < -0.3 is 19.3 Å². The number of nitrogens with zero attached hydrogens (tertiary/aromatic N) is 1. The summed E-state index contributed by atoms with van der Waals surface area (Å²) in [6, 6.07) is 16.6. The molecule has 0 aromatic heterocycles. The van der Waals surface area contributed by atoms with E-state index in [0.717, 1.165) is 11.0 Å². The van der Waals surface area contributed by atoms with Crippen LogP contribution in [0.15, 0.2) is 83.6 Å². The van der Waals surface area contributed by atoms with E-state index >= 15 is 0 Å². The fourth-order valence-electron chi connectivity index (χ4n) is 5.72. The number of rotatable bonds is 6. The molecule has 1 aliphatic carbocycles. The Balaban J connectivity index is 1.89. The van der Waals surface area contributed by atoms with Crippen LogP contribution in [0.25, 0.3) is 5.76 Å². The fourth-order valence-corrected chi connectivity index (χ4v) is 5.72. The largest absolute Gasteiger partial charge is 0.507 e. The molecule has 3 aromatic rings. The molecule has 3 aromatic carbocycles. The van der Waals surface area contributed by atoms with E-state index in [4.69, 9.17) is 14.2 Å². The standard InChI is InChI=1S/C32H29F3N2O5/c1-40-24-16-19(17-25(41-2)30(24)42-3)26-27-22(14-9-15-23(27)38)37(21-13-8-7-12-20(21)32(33,34)35)31(36)28(26)29(39)18-10-5-4-6-11-18/h4-8,10-13,16-17,26,36,39H,9,14-15H2,1-3H3. The number of para-hydroxylation sites is 1. The maximum atomic E-state index is 14.3. The summed E-state index contributed by atoms with van der Waals surface area (Å²) in [7, 11) is 4.33. The molecule has 1 atom stereocenters. The predicted octanol–water partition coefficient (Wildman–Crippen LogP) is 7.29. The predicted molar refractivity (Wildman–Crippen MR) is 152 cm³/mol. The highest BCUT2D eigenvalue weighted by atomic mass is 19.4. The van der Waals surface area contributed by atoms with Crippen LogP contribution < -0.4 is 19.1 Å². The van der Waals surface area contributed by atoms with Crippen molar-refractivity contribution in [2.45, 2.75) is 31.4 Å². The summed E-state index contributed by atoms with van der Waals surface area (Å²) >= 11 is 0. The van der Waals surface area contributed by atoms with Crippen LogP contribution >= 0.6 is 0 Å². The zero-order valence-corrected chi connectivity index (χ0v) is 23.2. The number of allylic oxidation sites excluding steroid dienone is 2. The normalized spacial score (nSPS) is 18.5. The number of hydrogen-bond donors (Lipinski definition) is 2. The number of Topliss-reactive ketones (excluding diaryl/α,β-unsaturated/α-hetero) is 1. The van der Waals surface area contributed by atoms with Gasteiger partial charge in [-0.15, -0.1) is 0 Å². The number of ether oxygens (including phenoxy) is 3. The number of carbonyl (C=O) groups is 1. The van der Waals surface area contributed by atoms with Crippen molar-refractivity contribution in [3.8, 4) is 17.2 Å². The highest BCUT2D eigenvalue weighted by molar-refractivity contribution is 6.20. The van der Waals surface area contributed by atoms with Gasteiger partial charge >= 0.3 is 6.18 Å². The quantitative estimate of drug-likeness (QED) is 0.299. The lowest BCUT2D eigenvalue weighted by Crippen LogP contribution is -2.43. The number of halogens is 3. The number of benzene rings is 3. The van der Waals surface area contributed by atoms with Crippen molar-refractivity contribution < 1.29 is 37.3 Å². The summed E-state index contributed by atoms with van der Waals surface area (Å²) in [6.07, 6.45) is -3.90. The second-order valence-corrected chi connectivity index (χ2v) is 9.86. The zero-order valence-electron chi connectivity index (χ0n) is 23.2. The molecular weight excluding hydrogens is 549 g/mol. The second-order valence-electron chi connectivity index (χ2n) is 9.86. The van der Waals surface area contributed by atoms with E-state index in [1.54, 1.807) is 42.5 Å². The van der Waals surface area contributed by atoms with E-state index in [1.807, 2.05) is 0 Å². The lowest BCUT2D eigenvalue weighted by Gasteiger charge is -2.42. The number of aliphatic hydroxyl groups excluding tert-OH is 1. The van der Waals surface area contributed by atoms with Gasteiger partial charge in [0.2, 0.25) is 5.75 Å². The Morgan fingerprint density at radius 1 is 0.929 bits per heavy atom. The van der Waals surface area contributed by atoms with Crippen LogP contribution in [-0.4, -0.2) is 38.1 Å². The minimum atomic E-state index is -4.73. The number of aliphatic hydroxyl groups is 1. The van der Waals surface area contributed by atoms with Gasteiger partial charge in [0.1, 0.15) is 11.6 Å². The molecule has 0 radical (unpaired) electrons. The third-order valence-corrected chi connectivity index (χ3v) is 7.53. The van der Waals surface area contributed by atoms with Crippen molar-refractivity contribution >= 4 is 23.1 Å². The number of carbonyl (C=O) groups excluding carboxylic acids is 1. The SMILES string of the molecule is COc1cc(C2C(=C(O)c3ccccc3)C(=N)N(c3ccccc3C(F)(F)F)C3=C2C(=O)CCC3)cc(OC)c1OC. The van der Waals surface area contributed by atoms with E-state index in [2.05, 4.69) is 0 Å².